The molecular weight excluding hydrogens is 348 g/mol. The highest BCUT2D eigenvalue weighted by molar-refractivity contribution is 5.90. The highest BCUT2D eigenvalue weighted by Gasteiger charge is 2.19. The Hall–Kier alpha value is -2.73. The number of hydrogen-bond donors (Lipinski definition) is 2. The zero-order chi connectivity index (χ0) is 19.5. The number of nitrogens with one attached hydrogen (secondary N) is 2. The summed E-state index contributed by atoms with van der Waals surface area (Å²) in [7, 11) is 2.17. The predicted molar refractivity (Wildman–Crippen MR) is 115 cm³/mol. The fourth-order valence-corrected chi connectivity index (χ4v) is 3.79. The fourth-order valence-electron chi connectivity index (χ4n) is 3.79. The zero-order valence-corrected chi connectivity index (χ0v) is 16.9. The number of anilines is 2. The van der Waals surface area contributed by atoms with Crippen LogP contribution in [0.2, 0.25) is 0 Å². The Bertz CT molecular complexity index is 948. The topological polar surface area (TPSA) is 66.0 Å². The van der Waals surface area contributed by atoms with Crippen LogP contribution in [0.3, 0.4) is 0 Å². The minimum atomic E-state index is 0.404. The Morgan fingerprint density at radius 2 is 1.79 bits per heavy atom. The number of aryl methyl sites for hydroxylation is 2. The van der Waals surface area contributed by atoms with Gasteiger partial charge in [0.05, 0.1) is 5.39 Å². The zero-order valence-electron chi connectivity index (χ0n) is 16.9. The van der Waals surface area contributed by atoms with Gasteiger partial charge in [-0.25, -0.2) is 4.98 Å². The van der Waals surface area contributed by atoms with Crippen LogP contribution in [-0.4, -0.2) is 46.0 Å². The van der Waals surface area contributed by atoms with E-state index in [0.717, 1.165) is 54.0 Å². The number of hydrogen-bond acceptors (Lipinski definition) is 6. The van der Waals surface area contributed by atoms with Gasteiger partial charge in [0.15, 0.2) is 5.65 Å². The van der Waals surface area contributed by atoms with Gasteiger partial charge < -0.3 is 15.5 Å². The first-order valence-corrected chi connectivity index (χ1v) is 9.97. The number of nitrogens with zero attached hydrogens (tertiary/aromatic N) is 4. The van der Waals surface area contributed by atoms with Gasteiger partial charge in [-0.1, -0.05) is 30.3 Å². The molecule has 6 heteroatoms. The third-order valence-electron chi connectivity index (χ3n) is 5.35. The van der Waals surface area contributed by atoms with Crippen LogP contribution < -0.4 is 10.6 Å². The van der Waals surface area contributed by atoms with Crippen LogP contribution in [-0.2, 0) is 6.54 Å². The third-order valence-corrected chi connectivity index (χ3v) is 5.35. The Labute approximate surface area is 166 Å². The largest absolute Gasteiger partial charge is 0.365 e. The molecular formula is C22H28N6. The number of rotatable bonds is 5. The van der Waals surface area contributed by atoms with Gasteiger partial charge in [0, 0.05) is 18.3 Å². The quantitative estimate of drug-likeness (QED) is 0.707. The Morgan fingerprint density at radius 1 is 1.04 bits per heavy atom. The van der Waals surface area contributed by atoms with Crippen LogP contribution in [0, 0.1) is 13.8 Å². The summed E-state index contributed by atoms with van der Waals surface area (Å²) in [6, 6.07) is 12.9. The van der Waals surface area contributed by atoms with E-state index in [1.807, 2.05) is 13.0 Å². The summed E-state index contributed by atoms with van der Waals surface area (Å²) < 4.78 is 0. The molecule has 0 radical (unpaired) electrons. The van der Waals surface area contributed by atoms with E-state index in [1.165, 1.54) is 5.56 Å². The van der Waals surface area contributed by atoms with Gasteiger partial charge in [-0.3, -0.25) is 0 Å². The second-order valence-corrected chi connectivity index (χ2v) is 7.74. The maximum atomic E-state index is 4.83. The molecule has 0 bridgehead atoms. The van der Waals surface area contributed by atoms with E-state index in [2.05, 4.69) is 64.8 Å². The molecule has 2 aromatic heterocycles. The SMILES string of the molecule is Cc1cc(C)c2c(NCc3ccccc3)nc(NC3CCN(C)CC3)nc2n1. The van der Waals surface area contributed by atoms with Gasteiger partial charge in [-0.15, -0.1) is 0 Å². The predicted octanol–water partition coefficient (Wildman–Crippen LogP) is 3.76. The van der Waals surface area contributed by atoms with Gasteiger partial charge in [-0.2, -0.15) is 9.97 Å². The van der Waals surface area contributed by atoms with Crippen LogP contribution in [0.25, 0.3) is 11.0 Å². The number of aromatic nitrogens is 3. The normalized spacial score (nSPS) is 15.7. The molecule has 0 unspecified atom stereocenters. The standard InChI is InChI=1S/C22H28N6/c1-15-13-16(2)24-21-19(15)20(23-14-17-7-5-4-6-8-17)26-22(27-21)25-18-9-11-28(3)12-10-18/h4-8,13,18H,9-12,14H2,1-3H3,(H2,23,24,25,26,27). The second-order valence-electron chi connectivity index (χ2n) is 7.74. The summed E-state index contributed by atoms with van der Waals surface area (Å²) in [5.41, 5.74) is 4.09. The first kappa shape index (κ1) is 18.6. The van der Waals surface area contributed by atoms with Crippen LogP contribution >= 0.6 is 0 Å². The molecule has 0 atom stereocenters. The minimum Gasteiger partial charge on any atom is -0.365 e. The molecule has 1 aliphatic rings. The summed E-state index contributed by atoms with van der Waals surface area (Å²) in [5, 5.41) is 8.05. The Kier molecular flexibility index (Phi) is 5.39. The molecule has 2 N–H and O–H groups in total. The van der Waals surface area contributed by atoms with Crippen LogP contribution in [0.1, 0.15) is 29.7 Å². The molecule has 0 spiro atoms. The molecule has 1 fully saturated rings. The van der Waals surface area contributed by atoms with Crippen LogP contribution in [0.5, 0.6) is 0 Å². The Morgan fingerprint density at radius 3 is 2.54 bits per heavy atom. The van der Waals surface area contributed by atoms with Crippen molar-refractivity contribution in [3.8, 4) is 0 Å². The number of piperidine rings is 1. The smallest absolute Gasteiger partial charge is 0.226 e. The van der Waals surface area contributed by atoms with Crippen molar-refractivity contribution in [3.05, 3.63) is 53.2 Å². The van der Waals surface area contributed by atoms with Gasteiger partial charge in [0.1, 0.15) is 5.82 Å². The van der Waals surface area contributed by atoms with Crippen molar-refractivity contribution >= 4 is 22.8 Å². The lowest BCUT2D eigenvalue weighted by atomic mass is 10.1. The molecule has 6 nitrogen and oxygen atoms in total. The van der Waals surface area contributed by atoms with Gasteiger partial charge in [-0.05, 0) is 64.0 Å². The van der Waals surface area contributed by atoms with E-state index in [1.54, 1.807) is 0 Å². The molecule has 0 aliphatic carbocycles. The van der Waals surface area contributed by atoms with Crippen molar-refractivity contribution in [2.24, 2.45) is 0 Å². The molecule has 0 amide bonds. The molecule has 3 heterocycles. The van der Waals surface area contributed by atoms with Crippen molar-refractivity contribution in [3.63, 3.8) is 0 Å². The van der Waals surface area contributed by atoms with E-state index in [9.17, 15) is 0 Å². The maximum absolute atomic E-state index is 4.83. The van der Waals surface area contributed by atoms with E-state index >= 15 is 0 Å². The summed E-state index contributed by atoms with van der Waals surface area (Å²) >= 11 is 0. The van der Waals surface area contributed by atoms with Gasteiger partial charge in [0.2, 0.25) is 5.95 Å². The second kappa shape index (κ2) is 8.10. The third kappa shape index (κ3) is 4.22. The first-order valence-electron chi connectivity index (χ1n) is 9.97. The molecule has 3 aromatic rings. The summed E-state index contributed by atoms with van der Waals surface area (Å²) in [6.45, 7) is 7.02. The lowest BCUT2D eigenvalue weighted by molar-refractivity contribution is 0.263. The highest BCUT2D eigenvalue weighted by Crippen LogP contribution is 2.26. The summed E-state index contributed by atoms with van der Waals surface area (Å²) in [5.74, 6) is 1.50. The van der Waals surface area contributed by atoms with E-state index in [-0.39, 0.29) is 0 Å². The maximum Gasteiger partial charge on any atom is 0.226 e. The summed E-state index contributed by atoms with van der Waals surface area (Å²) in [4.78, 5) is 16.6. The molecule has 0 saturated carbocycles. The number of fused-ring (bicyclic) bond motifs is 1. The van der Waals surface area contributed by atoms with Crippen LogP contribution in [0.15, 0.2) is 36.4 Å². The van der Waals surface area contributed by atoms with Crippen molar-refractivity contribution in [2.75, 3.05) is 30.8 Å². The van der Waals surface area contributed by atoms with Crippen molar-refractivity contribution in [1.82, 2.24) is 19.9 Å². The number of pyridine rings is 1. The molecule has 1 aliphatic heterocycles. The molecule has 146 valence electrons. The minimum absolute atomic E-state index is 0.404. The highest BCUT2D eigenvalue weighted by atomic mass is 15.2. The van der Waals surface area contributed by atoms with Gasteiger partial charge >= 0.3 is 0 Å². The van der Waals surface area contributed by atoms with E-state index < -0.39 is 0 Å². The molecule has 4 rings (SSSR count). The molecule has 28 heavy (non-hydrogen) atoms. The average molecular weight is 377 g/mol. The summed E-state index contributed by atoms with van der Waals surface area (Å²) in [6.07, 6.45) is 2.20. The molecule has 1 saturated heterocycles. The lowest BCUT2D eigenvalue weighted by Crippen LogP contribution is -2.37. The van der Waals surface area contributed by atoms with Crippen molar-refractivity contribution < 1.29 is 0 Å². The number of benzene rings is 1. The first-order chi connectivity index (χ1) is 13.6. The average Bonchev–Trinajstić information content (AvgIpc) is 2.68. The van der Waals surface area contributed by atoms with E-state index in [4.69, 9.17) is 9.97 Å². The lowest BCUT2D eigenvalue weighted by Gasteiger charge is -2.29. The Balaban J connectivity index is 1.64. The fraction of sp³-hybridized carbons (Fsp3) is 0.409. The molecule has 1 aromatic carbocycles. The van der Waals surface area contributed by atoms with Crippen molar-refractivity contribution in [1.29, 1.82) is 0 Å². The monoisotopic (exact) mass is 376 g/mol. The number of likely N-dealkylation sites (tertiary alicyclic amines) is 1. The van der Waals surface area contributed by atoms with Crippen molar-refractivity contribution in [2.45, 2.75) is 39.3 Å². The van der Waals surface area contributed by atoms with E-state index in [0.29, 0.717) is 18.5 Å². The van der Waals surface area contributed by atoms with Gasteiger partial charge in [0.25, 0.3) is 0 Å². The van der Waals surface area contributed by atoms with Crippen LogP contribution in [0.4, 0.5) is 11.8 Å².